The van der Waals surface area contributed by atoms with Crippen LogP contribution in [0.1, 0.15) is 12.6 Å². The monoisotopic (exact) mass is 352 g/mol. The second kappa shape index (κ2) is 4.32. The number of rotatable bonds is 2. The van der Waals surface area contributed by atoms with Gasteiger partial charge in [-0.2, -0.15) is 13.9 Å². The Bertz CT molecular complexity index is 546. The fourth-order valence-electron chi connectivity index (χ4n) is 1.55. The minimum absolute atomic E-state index is 0.248. The molecule has 2 nitrogen and oxygen atoms in total. The predicted octanol–water partition coefficient (Wildman–Crippen LogP) is 3.93. The first kappa shape index (κ1) is 12.4. The molecule has 0 saturated carbocycles. The van der Waals surface area contributed by atoms with Crippen LogP contribution in [0.2, 0.25) is 0 Å². The van der Waals surface area contributed by atoms with Crippen LogP contribution in [-0.4, -0.2) is 10.2 Å². The van der Waals surface area contributed by atoms with Gasteiger partial charge in [0.25, 0.3) is 5.92 Å². The number of nitrogens with zero attached hydrogens (tertiary/aromatic N) is 1. The van der Waals surface area contributed by atoms with Crippen LogP contribution in [0.4, 0.5) is 13.2 Å². The molecule has 2 rings (SSSR count). The number of halogens is 4. The number of hydrogen-bond acceptors (Lipinski definition) is 1. The van der Waals surface area contributed by atoms with E-state index in [-0.39, 0.29) is 11.3 Å². The quantitative estimate of drug-likeness (QED) is 0.816. The molecule has 0 amide bonds. The molecule has 0 saturated heterocycles. The van der Waals surface area contributed by atoms with E-state index in [0.29, 0.717) is 9.26 Å². The van der Waals surface area contributed by atoms with Crippen LogP contribution in [0, 0.1) is 9.52 Å². The zero-order valence-electron chi connectivity index (χ0n) is 8.77. The Morgan fingerprint density at radius 2 is 2.06 bits per heavy atom. The average molecular weight is 352 g/mol. The SMILES string of the molecule is CC(F)(F)c1[nH]nc(I)c1-c1cccc(F)c1. The van der Waals surface area contributed by atoms with Gasteiger partial charge in [-0.15, -0.1) is 0 Å². The van der Waals surface area contributed by atoms with Crippen LogP contribution in [0.5, 0.6) is 0 Å². The van der Waals surface area contributed by atoms with Gasteiger partial charge in [0.15, 0.2) is 0 Å². The van der Waals surface area contributed by atoms with Gasteiger partial charge in [0.1, 0.15) is 15.2 Å². The van der Waals surface area contributed by atoms with Crippen molar-refractivity contribution in [3.63, 3.8) is 0 Å². The molecule has 1 N–H and O–H groups in total. The molecule has 1 aromatic carbocycles. The van der Waals surface area contributed by atoms with Crippen molar-refractivity contribution in [1.29, 1.82) is 0 Å². The lowest BCUT2D eigenvalue weighted by molar-refractivity contribution is 0.0133. The van der Waals surface area contributed by atoms with Crippen molar-refractivity contribution < 1.29 is 13.2 Å². The van der Waals surface area contributed by atoms with E-state index in [1.165, 1.54) is 18.2 Å². The van der Waals surface area contributed by atoms with Gasteiger partial charge in [0, 0.05) is 12.5 Å². The molecular weight excluding hydrogens is 344 g/mol. The molecule has 2 aromatic rings. The van der Waals surface area contributed by atoms with Crippen molar-refractivity contribution in [2.75, 3.05) is 0 Å². The van der Waals surface area contributed by atoms with Crippen molar-refractivity contribution in [3.8, 4) is 11.1 Å². The van der Waals surface area contributed by atoms with Crippen LogP contribution < -0.4 is 0 Å². The molecule has 0 aliphatic carbocycles. The van der Waals surface area contributed by atoms with E-state index < -0.39 is 11.7 Å². The van der Waals surface area contributed by atoms with Gasteiger partial charge in [-0.25, -0.2) is 4.39 Å². The molecule has 0 radical (unpaired) electrons. The minimum atomic E-state index is -3.04. The Morgan fingerprint density at radius 3 is 2.65 bits per heavy atom. The number of aromatic amines is 1. The maximum atomic E-state index is 13.3. The third-order valence-corrected chi connectivity index (χ3v) is 3.06. The van der Waals surface area contributed by atoms with E-state index >= 15 is 0 Å². The topological polar surface area (TPSA) is 28.7 Å². The summed E-state index contributed by atoms with van der Waals surface area (Å²) in [5.74, 6) is -3.51. The van der Waals surface area contributed by atoms with Crippen molar-refractivity contribution in [2.45, 2.75) is 12.8 Å². The Balaban J connectivity index is 2.63. The highest BCUT2D eigenvalue weighted by atomic mass is 127. The van der Waals surface area contributed by atoms with E-state index in [1.54, 1.807) is 6.07 Å². The number of benzene rings is 1. The van der Waals surface area contributed by atoms with Gasteiger partial charge < -0.3 is 0 Å². The highest BCUT2D eigenvalue weighted by Gasteiger charge is 2.32. The van der Waals surface area contributed by atoms with Crippen molar-refractivity contribution in [3.05, 3.63) is 39.5 Å². The van der Waals surface area contributed by atoms with Crippen LogP contribution in [0.25, 0.3) is 11.1 Å². The molecule has 17 heavy (non-hydrogen) atoms. The summed E-state index contributed by atoms with van der Waals surface area (Å²) in [5, 5.41) is 6.05. The predicted molar refractivity (Wildman–Crippen MR) is 66.3 cm³/mol. The van der Waals surface area contributed by atoms with E-state index in [4.69, 9.17) is 0 Å². The van der Waals surface area contributed by atoms with Gasteiger partial charge >= 0.3 is 0 Å². The number of aromatic nitrogens is 2. The van der Waals surface area contributed by atoms with Gasteiger partial charge in [-0.05, 0) is 40.3 Å². The van der Waals surface area contributed by atoms with Crippen LogP contribution >= 0.6 is 22.6 Å². The summed E-state index contributed by atoms with van der Waals surface area (Å²) in [4.78, 5) is 0. The molecule has 1 aromatic heterocycles. The van der Waals surface area contributed by atoms with E-state index in [9.17, 15) is 13.2 Å². The standard InChI is InChI=1S/C11H8F3IN2/c1-11(13,14)9-8(10(15)17-16-9)6-3-2-4-7(12)5-6/h2-5H,1H3,(H,16,17). The average Bonchev–Trinajstić information content (AvgIpc) is 2.59. The van der Waals surface area contributed by atoms with E-state index in [1.807, 2.05) is 22.6 Å². The zero-order chi connectivity index (χ0) is 12.6. The maximum absolute atomic E-state index is 13.3. The fraction of sp³-hybridized carbons (Fsp3) is 0.182. The smallest absolute Gasteiger partial charge is 0.275 e. The second-order valence-electron chi connectivity index (χ2n) is 3.66. The third kappa shape index (κ3) is 2.46. The lowest BCUT2D eigenvalue weighted by atomic mass is 10.0. The van der Waals surface area contributed by atoms with Crippen molar-refractivity contribution >= 4 is 22.6 Å². The highest BCUT2D eigenvalue weighted by molar-refractivity contribution is 14.1. The number of alkyl halides is 2. The second-order valence-corrected chi connectivity index (χ2v) is 4.68. The summed E-state index contributed by atoms with van der Waals surface area (Å²) in [6.07, 6.45) is 0. The van der Waals surface area contributed by atoms with Crippen LogP contribution in [0.15, 0.2) is 24.3 Å². The first-order valence-electron chi connectivity index (χ1n) is 4.77. The fourth-order valence-corrected chi connectivity index (χ4v) is 2.25. The summed E-state index contributed by atoms with van der Waals surface area (Å²) in [6.45, 7) is 0.777. The first-order chi connectivity index (χ1) is 7.89. The van der Waals surface area contributed by atoms with Gasteiger partial charge in [0.2, 0.25) is 0 Å². The summed E-state index contributed by atoms with van der Waals surface area (Å²) in [7, 11) is 0. The van der Waals surface area contributed by atoms with E-state index in [0.717, 1.165) is 6.92 Å². The molecule has 1 heterocycles. The maximum Gasteiger partial charge on any atom is 0.287 e. The number of H-pyrrole nitrogens is 1. The molecule has 0 spiro atoms. The Labute approximate surface area is 109 Å². The largest absolute Gasteiger partial charge is 0.287 e. The third-order valence-electron chi connectivity index (χ3n) is 2.27. The molecule has 0 fully saturated rings. The highest BCUT2D eigenvalue weighted by Crippen LogP contribution is 2.36. The lowest BCUT2D eigenvalue weighted by Crippen LogP contribution is -2.09. The molecule has 90 valence electrons. The first-order valence-corrected chi connectivity index (χ1v) is 5.85. The molecular formula is C11H8F3IN2. The van der Waals surface area contributed by atoms with Crippen molar-refractivity contribution in [2.24, 2.45) is 0 Å². The Morgan fingerprint density at radius 1 is 1.35 bits per heavy atom. The van der Waals surface area contributed by atoms with Crippen molar-refractivity contribution in [1.82, 2.24) is 10.2 Å². The summed E-state index contributed by atoms with van der Waals surface area (Å²) >= 11 is 1.84. The molecule has 0 aliphatic rings. The molecule has 0 bridgehead atoms. The normalized spacial score (nSPS) is 11.8. The van der Waals surface area contributed by atoms with Gasteiger partial charge in [-0.3, -0.25) is 5.10 Å². The number of hydrogen-bond donors (Lipinski definition) is 1. The van der Waals surface area contributed by atoms with Gasteiger partial charge in [0.05, 0.1) is 0 Å². The summed E-state index contributed by atoms with van der Waals surface area (Å²) in [6, 6.07) is 5.53. The molecule has 0 unspecified atom stereocenters. The zero-order valence-corrected chi connectivity index (χ0v) is 10.9. The molecule has 0 atom stereocenters. The van der Waals surface area contributed by atoms with Gasteiger partial charge in [-0.1, -0.05) is 12.1 Å². The van der Waals surface area contributed by atoms with Crippen LogP contribution in [0.3, 0.4) is 0 Å². The number of nitrogens with one attached hydrogen (secondary N) is 1. The molecule has 0 aliphatic heterocycles. The molecule has 6 heteroatoms. The van der Waals surface area contributed by atoms with Crippen LogP contribution in [-0.2, 0) is 5.92 Å². The Kier molecular flexibility index (Phi) is 3.15. The Hall–Kier alpha value is -1.05. The summed E-state index contributed by atoms with van der Waals surface area (Å²) in [5.41, 5.74) is 0.338. The lowest BCUT2D eigenvalue weighted by Gasteiger charge is -2.10. The minimum Gasteiger partial charge on any atom is -0.275 e. The van der Waals surface area contributed by atoms with E-state index in [2.05, 4.69) is 10.2 Å². The summed E-state index contributed by atoms with van der Waals surface area (Å²) < 4.78 is 40.2.